The van der Waals surface area contributed by atoms with Gasteiger partial charge in [-0.05, 0) is 103 Å². The fraction of sp³-hybridized carbons (Fsp3) is 0.692. The third kappa shape index (κ3) is 5.09. The lowest BCUT2D eigenvalue weighted by molar-refractivity contribution is -0.192. The Morgan fingerprint density at radius 3 is 2.23 bits per heavy atom. The van der Waals surface area contributed by atoms with Crippen LogP contribution in [-0.4, -0.2) is 17.5 Å². The summed E-state index contributed by atoms with van der Waals surface area (Å²) in [4.78, 5) is 40.5. The number of carbonyl (C=O) groups is 3. The minimum atomic E-state index is -0.663. The Morgan fingerprint density at radius 2 is 1.59 bits per heavy atom. The van der Waals surface area contributed by atoms with Crippen LogP contribution in [0.3, 0.4) is 0 Å². The van der Waals surface area contributed by atoms with Crippen molar-refractivity contribution in [1.82, 2.24) is 0 Å². The number of esters is 1. The zero-order valence-electron chi connectivity index (χ0n) is 28.3. The van der Waals surface area contributed by atoms with Crippen molar-refractivity contribution in [2.45, 2.75) is 120 Å². The number of ether oxygens (including phenoxy) is 1. The van der Waals surface area contributed by atoms with Gasteiger partial charge in [0.15, 0.2) is 5.78 Å². The first kappa shape index (κ1) is 32.6. The second kappa shape index (κ2) is 11.0. The average Bonchev–Trinajstić information content (AvgIpc) is 2.95. The highest BCUT2D eigenvalue weighted by atomic mass is 16.5. The predicted molar refractivity (Wildman–Crippen MR) is 172 cm³/mol. The molecule has 0 heterocycles. The highest BCUT2D eigenvalue weighted by Gasteiger charge is 2.67. The van der Waals surface area contributed by atoms with Gasteiger partial charge in [0.25, 0.3) is 0 Å². The number of nitriles is 1. The second-order valence-corrected chi connectivity index (χ2v) is 17.1. The van der Waals surface area contributed by atoms with Crippen molar-refractivity contribution in [3.05, 3.63) is 47.5 Å². The maximum absolute atomic E-state index is 14.1. The van der Waals surface area contributed by atoms with Gasteiger partial charge in [0.1, 0.15) is 18.5 Å². The topological polar surface area (TPSA) is 84.2 Å². The van der Waals surface area contributed by atoms with E-state index in [1.54, 1.807) is 6.92 Å². The number of nitrogens with zero attached hydrogens (tertiary/aromatic N) is 1. The number of benzene rings is 1. The molecule has 2 unspecified atom stereocenters. The molecule has 3 fully saturated rings. The minimum absolute atomic E-state index is 0.0129. The lowest BCUT2D eigenvalue weighted by Crippen LogP contribution is -2.62. The van der Waals surface area contributed by atoms with Crippen molar-refractivity contribution in [2.24, 2.45) is 50.2 Å². The van der Waals surface area contributed by atoms with Crippen LogP contribution < -0.4 is 0 Å². The molecule has 1 aromatic carbocycles. The maximum atomic E-state index is 14.1. The van der Waals surface area contributed by atoms with Crippen molar-refractivity contribution in [3.63, 3.8) is 0 Å². The molecule has 3 saturated carbocycles. The monoisotopic (exact) mass is 599 g/mol. The molecule has 4 aliphatic rings. The molecule has 0 bridgehead atoms. The Balaban J connectivity index is 1.52. The fourth-order valence-corrected chi connectivity index (χ4v) is 10.8. The SMILES string of the molecule is CC(=O)C[C@@H]1[C@@]2(C)C=C(C#N)C(=O)C(C)(C)C2CC[C@@]1(C)[C@]1(C)CC[C@@]2(C(=O)OCc3ccccc3)CCC(C)(C)CC2C1. The van der Waals surface area contributed by atoms with E-state index in [0.29, 0.717) is 13.0 Å². The standard InChI is InChI=1S/C39H53NO4/c1-26(41)20-31-37(7)21-28(24-40)32(42)35(4,5)30(37)14-15-38(31,8)36(6)17-19-39(18-16-34(2,3)22-29(39)23-36)33(43)44-25-27-12-10-9-11-13-27/h9-13,21,29-31H,14-20,22-23,25H2,1-8H3/t29?,30?,31-,36-,37+,38-,39+/m1/s1. The normalized spacial score (nSPS) is 39.2. The number of Topliss-reactive ketones (excluding diaryl/α,β-unsaturated/α-hetero) is 2. The van der Waals surface area contributed by atoms with Crippen LogP contribution in [0, 0.1) is 61.6 Å². The van der Waals surface area contributed by atoms with Crippen LogP contribution in [-0.2, 0) is 25.7 Å². The van der Waals surface area contributed by atoms with Gasteiger partial charge >= 0.3 is 5.97 Å². The molecule has 5 nitrogen and oxygen atoms in total. The van der Waals surface area contributed by atoms with Crippen molar-refractivity contribution in [2.75, 3.05) is 0 Å². The van der Waals surface area contributed by atoms with Gasteiger partial charge in [0.2, 0.25) is 0 Å². The summed E-state index contributed by atoms with van der Waals surface area (Å²) in [6.07, 6.45) is 9.64. The molecule has 0 radical (unpaired) electrons. The van der Waals surface area contributed by atoms with E-state index in [-0.39, 0.29) is 57.1 Å². The van der Waals surface area contributed by atoms with Crippen LogP contribution in [0.15, 0.2) is 42.0 Å². The third-order valence-corrected chi connectivity index (χ3v) is 13.6. The Bertz CT molecular complexity index is 1400. The molecule has 5 heteroatoms. The highest BCUT2D eigenvalue weighted by molar-refractivity contribution is 6.04. The van der Waals surface area contributed by atoms with Gasteiger partial charge in [0.05, 0.1) is 11.0 Å². The lowest BCUT2D eigenvalue weighted by atomic mass is 9.36. The quantitative estimate of drug-likeness (QED) is 0.305. The Morgan fingerprint density at radius 1 is 0.932 bits per heavy atom. The molecule has 0 saturated heterocycles. The maximum Gasteiger partial charge on any atom is 0.312 e. The van der Waals surface area contributed by atoms with Crippen LogP contribution >= 0.6 is 0 Å². The van der Waals surface area contributed by atoms with Gasteiger partial charge < -0.3 is 9.53 Å². The van der Waals surface area contributed by atoms with Crippen LogP contribution in [0.1, 0.15) is 119 Å². The van der Waals surface area contributed by atoms with Gasteiger partial charge in [-0.25, -0.2) is 0 Å². The first-order valence-corrected chi connectivity index (χ1v) is 16.8. The number of hydrogen-bond acceptors (Lipinski definition) is 5. The zero-order chi connectivity index (χ0) is 32.3. The van der Waals surface area contributed by atoms with Crippen molar-refractivity contribution >= 4 is 17.5 Å². The van der Waals surface area contributed by atoms with Crippen LogP contribution in [0.4, 0.5) is 0 Å². The summed E-state index contributed by atoms with van der Waals surface area (Å²) in [5, 5.41) is 10.0. The van der Waals surface area contributed by atoms with E-state index in [1.165, 1.54) is 0 Å². The van der Waals surface area contributed by atoms with E-state index >= 15 is 0 Å². The minimum Gasteiger partial charge on any atom is -0.460 e. The summed E-state index contributed by atoms with van der Waals surface area (Å²) in [6, 6.07) is 12.2. The first-order valence-electron chi connectivity index (χ1n) is 16.8. The van der Waals surface area contributed by atoms with Gasteiger partial charge in [-0.1, -0.05) is 84.9 Å². The largest absolute Gasteiger partial charge is 0.460 e. The number of rotatable bonds is 6. The number of hydrogen-bond donors (Lipinski definition) is 0. The van der Waals surface area contributed by atoms with Crippen LogP contribution in [0.25, 0.3) is 0 Å². The molecular weight excluding hydrogens is 546 g/mol. The summed E-state index contributed by atoms with van der Waals surface area (Å²) in [5.41, 5.74) is -0.530. The van der Waals surface area contributed by atoms with Gasteiger partial charge in [-0.3, -0.25) is 9.59 Å². The number of ketones is 2. The molecule has 0 N–H and O–H groups in total. The molecule has 4 aliphatic carbocycles. The summed E-state index contributed by atoms with van der Waals surface area (Å²) in [7, 11) is 0. The summed E-state index contributed by atoms with van der Waals surface area (Å²) < 4.78 is 6.10. The summed E-state index contributed by atoms with van der Waals surface area (Å²) in [5.74, 6) is 0.287. The highest BCUT2D eigenvalue weighted by Crippen LogP contribution is 2.72. The third-order valence-electron chi connectivity index (χ3n) is 13.6. The average molecular weight is 600 g/mol. The van der Waals surface area contributed by atoms with E-state index in [9.17, 15) is 19.6 Å². The number of fused-ring (bicyclic) bond motifs is 2. The molecule has 0 aromatic heterocycles. The van der Waals surface area contributed by atoms with Crippen molar-refractivity contribution in [3.8, 4) is 6.07 Å². The molecule has 0 aliphatic heterocycles. The summed E-state index contributed by atoms with van der Waals surface area (Å²) >= 11 is 0. The van der Waals surface area contributed by atoms with Gasteiger partial charge in [0, 0.05) is 11.8 Å². The Kier molecular flexibility index (Phi) is 8.13. The van der Waals surface area contributed by atoms with E-state index < -0.39 is 16.2 Å². The van der Waals surface area contributed by atoms with E-state index in [4.69, 9.17) is 4.74 Å². The smallest absolute Gasteiger partial charge is 0.312 e. The van der Waals surface area contributed by atoms with Gasteiger partial charge in [-0.2, -0.15) is 5.26 Å². The molecule has 238 valence electrons. The van der Waals surface area contributed by atoms with E-state index in [0.717, 1.165) is 56.9 Å². The zero-order valence-corrected chi connectivity index (χ0v) is 28.3. The lowest BCUT2D eigenvalue weighted by Gasteiger charge is -2.67. The van der Waals surface area contributed by atoms with E-state index in [2.05, 4.69) is 40.7 Å². The van der Waals surface area contributed by atoms with Gasteiger partial charge in [-0.15, -0.1) is 0 Å². The Hall–Kier alpha value is -2.74. The molecular formula is C39H53NO4. The first-order chi connectivity index (χ1) is 20.4. The number of allylic oxidation sites excluding steroid dienone is 2. The van der Waals surface area contributed by atoms with Crippen LogP contribution in [0.5, 0.6) is 0 Å². The second-order valence-electron chi connectivity index (χ2n) is 17.1. The van der Waals surface area contributed by atoms with E-state index in [1.807, 2.05) is 50.3 Å². The summed E-state index contributed by atoms with van der Waals surface area (Å²) in [6.45, 7) is 17.7. The molecule has 0 amide bonds. The fourth-order valence-electron chi connectivity index (χ4n) is 10.8. The molecule has 44 heavy (non-hydrogen) atoms. The molecule has 5 rings (SSSR count). The molecule has 7 atom stereocenters. The Labute approximate surface area is 265 Å². The van der Waals surface area contributed by atoms with Crippen LogP contribution in [0.2, 0.25) is 0 Å². The number of carbonyl (C=O) groups excluding carboxylic acids is 3. The molecule has 0 spiro atoms. The predicted octanol–water partition coefficient (Wildman–Crippen LogP) is 8.81. The molecule has 1 aromatic rings. The van der Waals surface area contributed by atoms with Crippen molar-refractivity contribution < 1.29 is 19.1 Å². The van der Waals surface area contributed by atoms with Crippen molar-refractivity contribution in [1.29, 1.82) is 5.26 Å².